The van der Waals surface area contributed by atoms with E-state index in [0.29, 0.717) is 0 Å². The molecule has 0 spiro atoms. The summed E-state index contributed by atoms with van der Waals surface area (Å²) < 4.78 is 0. The third-order valence-corrected chi connectivity index (χ3v) is 5.42. The van der Waals surface area contributed by atoms with Gasteiger partial charge in [0, 0.05) is 6.54 Å². The summed E-state index contributed by atoms with van der Waals surface area (Å²) in [6.45, 7) is 23.0. The van der Waals surface area contributed by atoms with Crippen molar-refractivity contribution >= 4 is 12.8 Å². The molecule has 2 N–H and O–H groups in total. The standard InChI is InChI=1S/C25H37N.C5H12.C2H6.CH3N/c1-6-8-12-22-16-18-23(19-17-22)13-10-20-25(3,4)24(14-9-7-2)15-11-21-26-5;1-4-5(2)3;2*1-2/h7,9-11,13-19,26H,6,8,12,20-21H2,1-5H3;5H,4H2,1-3H3;1-2H3;2H,1H2/b9-7-,13-10+,15-11+,24-14+;;;. The molecular formula is C33H58N2. The number of allylic oxidation sites excluding steroid dienone is 6. The molecule has 0 saturated carbocycles. The van der Waals surface area contributed by atoms with Crippen molar-refractivity contribution in [3.63, 3.8) is 0 Å². The zero-order valence-corrected chi connectivity index (χ0v) is 24.9. The van der Waals surface area contributed by atoms with E-state index in [9.17, 15) is 0 Å². The highest BCUT2D eigenvalue weighted by molar-refractivity contribution is 5.50. The van der Waals surface area contributed by atoms with Gasteiger partial charge in [0.25, 0.3) is 0 Å². The molecule has 0 radical (unpaired) electrons. The quantitative estimate of drug-likeness (QED) is 0.225. The van der Waals surface area contributed by atoms with Gasteiger partial charge in [-0.2, -0.15) is 0 Å². The molecule has 2 heteroatoms. The molecule has 1 aromatic rings. The predicted octanol–water partition coefficient (Wildman–Crippen LogP) is 10.1. The molecule has 0 bridgehead atoms. The number of benzene rings is 1. The molecule has 0 aliphatic carbocycles. The van der Waals surface area contributed by atoms with Crippen molar-refractivity contribution in [3.8, 4) is 0 Å². The minimum atomic E-state index is 0.0985. The van der Waals surface area contributed by atoms with Crippen LogP contribution in [0, 0.1) is 16.7 Å². The highest BCUT2D eigenvalue weighted by Crippen LogP contribution is 2.32. The fourth-order valence-corrected chi connectivity index (χ4v) is 2.79. The Labute approximate surface area is 220 Å². The Morgan fingerprint density at radius 2 is 1.63 bits per heavy atom. The van der Waals surface area contributed by atoms with E-state index in [0.717, 1.165) is 18.9 Å². The van der Waals surface area contributed by atoms with Crippen molar-refractivity contribution in [2.45, 2.75) is 94.4 Å². The fourth-order valence-electron chi connectivity index (χ4n) is 2.79. The minimum Gasteiger partial charge on any atom is -0.317 e. The molecule has 0 unspecified atom stereocenters. The van der Waals surface area contributed by atoms with Crippen LogP contribution < -0.4 is 5.32 Å². The summed E-state index contributed by atoms with van der Waals surface area (Å²) in [5.74, 6) is 0.884. The second-order valence-electron chi connectivity index (χ2n) is 9.25. The van der Waals surface area contributed by atoms with Crippen LogP contribution in [-0.4, -0.2) is 20.3 Å². The van der Waals surface area contributed by atoms with E-state index in [1.165, 1.54) is 42.4 Å². The highest BCUT2D eigenvalue weighted by Gasteiger charge is 2.19. The Bertz CT molecular complexity index is 688. The first-order valence-corrected chi connectivity index (χ1v) is 13.6. The van der Waals surface area contributed by atoms with Crippen molar-refractivity contribution in [1.82, 2.24) is 5.32 Å². The van der Waals surface area contributed by atoms with Gasteiger partial charge < -0.3 is 10.7 Å². The van der Waals surface area contributed by atoms with Crippen LogP contribution in [0.5, 0.6) is 0 Å². The van der Waals surface area contributed by atoms with Gasteiger partial charge >= 0.3 is 0 Å². The van der Waals surface area contributed by atoms with Crippen molar-refractivity contribution in [3.05, 3.63) is 77.4 Å². The number of unbranched alkanes of at least 4 members (excludes halogenated alkanes) is 1. The fraction of sp³-hybridized carbons (Fsp3) is 0.545. The first kappa shape index (κ1) is 37.4. The van der Waals surface area contributed by atoms with Crippen molar-refractivity contribution in [2.75, 3.05) is 13.6 Å². The Balaban J connectivity index is -0.000000987. The number of hydrogen-bond donors (Lipinski definition) is 2. The van der Waals surface area contributed by atoms with E-state index in [1.54, 1.807) is 0 Å². The molecule has 0 atom stereocenters. The third-order valence-electron chi connectivity index (χ3n) is 5.42. The molecule has 1 aromatic carbocycles. The van der Waals surface area contributed by atoms with Crippen LogP contribution in [-0.2, 0) is 6.42 Å². The summed E-state index contributed by atoms with van der Waals surface area (Å²) in [5.41, 5.74) is 4.17. The van der Waals surface area contributed by atoms with Crippen LogP contribution >= 0.6 is 0 Å². The summed E-state index contributed by atoms with van der Waals surface area (Å²) >= 11 is 0. The van der Waals surface area contributed by atoms with Gasteiger partial charge in [0.2, 0.25) is 0 Å². The molecular weight excluding hydrogens is 424 g/mol. The van der Waals surface area contributed by atoms with Crippen LogP contribution in [0.15, 0.2) is 66.3 Å². The van der Waals surface area contributed by atoms with Gasteiger partial charge in [-0.15, -0.1) is 0 Å². The lowest BCUT2D eigenvalue weighted by Crippen LogP contribution is -2.13. The molecule has 1 rings (SSSR count). The SMILES string of the molecule is C=N.CC.CCC(C)C.C\C=C/C=C(\C=C\CNC)C(C)(C)C/C=C/c1ccc(CCCC)cc1. The maximum Gasteiger partial charge on any atom is 0.0135 e. The van der Waals surface area contributed by atoms with Gasteiger partial charge in [-0.1, -0.05) is 135 Å². The largest absolute Gasteiger partial charge is 0.317 e. The molecule has 0 heterocycles. The molecule has 0 amide bonds. The van der Waals surface area contributed by atoms with Gasteiger partial charge in [0.1, 0.15) is 0 Å². The molecule has 0 aliphatic heterocycles. The van der Waals surface area contributed by atoms with E-state index in [4.69, 9.17) is 5.41 Å². The second-order valence-corrected chi connectivity index (χ2v) is 9.25. The van der Waals surface area contributed by atoms with Crippen molar-refractivity contribution < 1.29 is 0 Å². The monoisotopic (exact) mass is 482 g/mol. The van der Waals surface area contributed by atoms with E-state index < -0.39 is 0 Å². The summed E-state index contributed by atoms with van der Waals surface area (Å²) in [5, 5.41) is 8.67. The molecule has 35 heavy (non-hydrogen) atoms. The van der Waals surface area contributed by atoms with Crippen molar-refractivity contribution in [1.29, 1.82) is 5.41 Å². The predicted molar refractivity (Wildman–Crippen MR) is 165 cm³/mol. The second kappa shape index (κ2) is 26.4. The minimum absolute atomic E-state index is 0.0985. The van der Waals surface area contributed by atoms with Crippen LogP contribution in [0.4, 0.5) is 0 Å². The number of nitrogens with one attached hydrogen (secondary N) is 2. The summed E-state index contributed by atoms with van der Waals surface area (Å²) in [4.78, 5) is 0. The molecule has 0 aromatic heterocycles. The number of hydrogen-bond acceptors (Lipinski definition) is 2. The van der Waals surface area contributed by atoms with E-state index in [2.05, 4.69) is 127 Å². The van der Waals surface area contributed by atoms with E-state index >= 15 is 0 Å². The lowest BCUT2D eigenvalue weighted by molar-refractivity contribution is 0.465. The smallest absolute Gasteiger partial charge is 0.0135 e. The van der Waals surface area contributed by atoms with E-state index in [1.807, 2.05) is 20.9 Å². The lowest BCUT2D eigenvalue weighted by Gasteiger charge is -2.25. The lowest BCUT2D eigenvalue weighted by atomic mass is 9.80. The van der Waals surface area contributed by atoms with Gasteiger partial charge in [-0.3, -0.25) is 0 Å². The van der Waals surface area contributed by atoms with Crippen LogP contribution in [0.25, 0.3) is 6.08 Å². The Morgan fingerprint density at radius 3 is 2.09 bits per heavy atom. The zero-order valence-electron chi connectivity index (χ0n) is 24.9. The first-order chi connectivity index (χ1) is 16.8. The van der Waals surface area contributed by atoms with Gasteiger partial charge in [0.05, 0.1) is 0 Å². The summed E-state index contributed by atoms with van der Waals surface area (Å²) in [6.07, 6.45) is 21.4. The molecule has 0 saturated heterocycles. The maximum absolute atomic E-state index is 5.50. The normalized spacial score (nSPS) is 11.7. The summed E-state index contributed by atoms with van der Waals surface area (Å²) in [7, 11) is 1.97. The van der Waals surface area contributed by atoms with Gasteiger partial charge in [-0.25, -0.2) is 0 Å². The van der Waals surface area contributed by atoms with Crippen LogP contribution in [0.3, 0.4) is 0 Å². The number of aryl methyl sites for hydroxylation is 1. The number of likely N-dealkylation sites (N-methyl/N-ethyl adjacent to an activating group) is 1. The highest BCUT2D eigenvalue weighted by atomic mass is 14.8. The molecule has 0 fully saturated rings. The average Bonchev–Trinajstić information content (AvgIpc) is 2.88. The third kappa shape index (κ3) is 22.0. The first-order valence-electron chi connectivity index (χ1n) is 13.6. The van der Waals surface area contributed by atoms with Gasteiger partial charge in [0.15, 0.2) is 0 Å². The number of rotatable bonds is 12. The molecule has 200 valence electrons. The van der Waals surface area contributed by atoms with Crippen LogP contribution in [0.1, 0.15) is 99.1 Å². The van der Waals surface area contributed by atoms with E-state index in [-0.39, 0.29) is 5.41 Å². The van der Waals surface area contributed by atoms with Crippen molar-refractivity contribution in [2.24, 2.45) is 11.3 Å². The van der Waals surface area contributed by atoms with Crippen LogP contribution in [0.2, 0.25) is 0 Å². The zero-order chi connectivity index (χ0) is 27.5. The maximum atomic E-state index is 5.50. The Kier molecular flexibility index (Phi) is 28.2. The Morgan fingerprint density at radius 1 is 1.06 bits per heavy atom. The average molecular weight is 483 g/mol. The van der Waals surface area contributed by atoms with Gasteiger partial charge in [-0.05, 0) is 68.0 Å². The Hall–Kier alpha value is -2.19. The molecule has 0 aliphatic rings. The topological polar surface area (TPSA) is 35.9 Å². The summed E-state index contributed by atoms with van der Waals surface area (Å²) in [6, 6.07) is 8.99. The molecule has 2 nitrogen and oxygen atoms in total.